The van der Waals surface area contributed by atoms with E-state index in [2.05, 4.69) is 26.8 Å². The number of morpholine rings is 1. The maximum Gasteiger partial charge on any atom is 0.319 e. The van der Waals surface area contributed by atoms with Crippen LogP contribution in [-0.2, 0) is 4.74 Å². The van der Waals surface area contributed by atoms with Crippen LogP contribution >= 0.6 is 22.9 Å². The minimum atomic E-state index is -0.782. The van der Waals surface area contributed by atoms with E-state index >= 15 is 4.39 Å². The van der Waals surface area contributed by atoms with E-state index in [1.165, 1.54) is 18.3 Å². The molecule has 248 valence electrons. The minimum absolute atomic E-state index is 0.0126. The number of aromatic nitrogens is 4. The highest BCUT2D eigenvalue weighted by Crippen LogP contribution is 2.46. The highest BCUT2D eigenvalue weighted by molar-refractivity contribution is 7.23. The molecule has 0 spiro atoms. The number of benzene rings is 2. The van der Waals surface area contributed by atoms with E-state index in [4.69, 9.17) is 37.5 Å². The Labute approximate surface area is 284 Å². The summed E-state index contributed by atoms with van der Waals surface area (Å²) >= 11 is 7.76. The molecular weight excluding hydrogens is 660 g/mol. The maximum atomic E-state index is 17.0. The van der Waals surface area contributed by atoms with Crippen LogP contribution in [0, 0.1) is 23.0 Å². The first kappa shape index (κ1) is 32.1. The molecule has 0 radical (unpaired) electrons. The van der Waals surface area contributed by atoms with Crippen molar-refractivity contribution in [2.24, 2.45) is 0 Å². The Morgan fingerprint density at radius 1 is 1.23 bits per heavy atom. The van der Waals surface area contributed by atoms with Crippen LogP contribution in [0.1, 0.15) is 44.0 Å². The van der Waals surface area contributed by atoms with Crippen molar-refractivity contribution in [3.8, 4) is 23.2 Å². The van der Waals surface area contributed by atoms with Crippen LogP contribution in [0.3, 0.4) is 0 Å². The van der Waals surface area contributed by atoms with Crippen LogP contribution < -0.4 is 21.1 Å². The number of nitrogens with zero attached hydrogens (tertiary/aromatic N) is 7. The first-order chi connectivity index (χ1) is 23.1. The Kier molecular flexibility index (Phi) is 8.41. The van der Waals surface area contributed by atoms with Crippen LogP contribution in [0.2, 0.25) is 5.02 Å². The average molecular weight is 692 g/mol. The van der Waals surface area contributed by atoms with Crippen LogP contribution in [0.4, 0.5) is 25.4 Å². The van der Waals surface area contributed by atoms with Crippen LogP contribution in [0.25, 0.3) is 32.1 Å². The van der Waals surface area contributed by atoms with Crippen molar-refractivity contribution in [3.63, 3.8) is 0 Å². The standard InChI is InChI=1S/C33H32ClF2N9O2S/c1-15-12-45-17(13-46-15)4-5-18(45)14-47-33-42-28-20(32(43-33)44(3)16(2)27-30(38)41-9-8-40-27)10-22(34)25(26(28)36)19-6-7-23(35)29-24(19)21(11-37)31(39)48-29/h6-10,15-18H,4-5,12-14,39H2,1-3H3,(H2,38,41)/t15-,16+,17-,18+/m0/s1. The van der Waals surface area contributed by atoms with Gasteiger partial charge in [0.15, 0.2) is 5.82 Å². The van der Waals surface area contributed by atoms with E-state index in [0.717, 1.165) is 30.7 Å². The molecule has 3 aromatic heterocycles. The number of hydrogen-bond acceptors (Lipinski definition) is 12. The van der Waals surface area contributed by atoms with Gasteiger partial charge in [-0.1, -0.05) is 17.7 Å². The smallest absolute Gasteiger partial charge is 0.319 e. The number of thiophene rings is 1. The molecule has 2 aliphatic heterocycles. The van der Waals surface area contributed by atoms with Gasteiger partial charge >= 0.3 is 6.01 Å². The Morgan fingerprint density at radius 3 is 2.79 bits per heavy atom. The van der Waals surface area contributed by atoms with Crippen molar-refractivity contribution in [2.75, 3.05) is 43.2 Å². The number of halogens is 3. The van der Waals surface area contributed by atoms with Crippen molar-refractivity contribution in [2.45, 2.75) is 50.9 Å². The average Bonchev–Trinajstić information content (AvgIpc) is 3.64. The highest BCUT2D eigenvalue weighted by atomic mass is 35.5. The van der Waals surface area contributed by atoms with E-state index in [1.54, 1.807) is 24.2 Å². The monoisotopic (exact) mass is 691 g/mol. The fraction of sp³-hybridized carbons (Fsp3) is 0.364. The number of nitrogens with two attached hydrogens (primary N) is 2. The van der Waals surface area contributed by atoms with Gasteiger partial charge in [-0.25, -0.2) is 13.8 Å². The third-order valence-electron chi connectivity index (χ3n) is 9.33. The van der Waals surface area contributed by atoms with Gasteiger partial charge in [-0.15, -0.1) is 11.3 Å². The zero-order valence-electron chi connectivity index (χ0n) is 26.4. The fourth-order valence-corrected chi connectivity index (χ4v) is 8.01. The van der Waals surface area contributed by atoms with Gasteiger partial charge in [0.25, 0.3) is 0 Å². The molecule has 0 bridgehead atoms. The van der Waals surface area contributed by atoms with E-state index in [-0.39, 0.29) is 66.3 Å². The van der Waals surface area contributed by atoms with Gasteiger partial charge in [0, 0.05) is 54.4 Å². The summed E-state index contributed by atoms with van der Waals surface area (Å²) in [6.07, 6.45) is 5.07. The molecule has 48 heavy (non-hydrogen) atoms. The van der Waals surface area contributed by atoms with Crippen molar-refractivity contribution in [1.82, 2.24) is 24.8 Å². The normalized spacial score (nSPS) is 20.1. The molecule has 2 aliphatic rings. The van der Waals surface area contributed by atoms with Crippen LogP contribution in [-0.4, -0.2) is 69.8 Å². The maximum absolute atomic E-state index is 17.0. The lowest BCUT2D eigenvalue weighted by Crippen LogP contribution is -2.49. The predicted molar refractivity (Wildman–Crippen MR) is 182 cm³/mol. The number of nitriles is 1. The lowest BCUT2D eigenvalue weighted by atomic mass is 9.97. The second kappa shape index (κ2) is 12.6. The molecule has 0 aliphatic carbocycles. The molecule has 2 aromatic carbocycles. The molecule has 0 unspecified atom stereocenters. The quantitative estimate of drug-likeness (QED) is 0.204. The molecule has 5 heterocycles. The third kappa shape index (κ3) is 5.40. The van der Waals surface area contributed by atoms with Gasteiger partial charge in [0.1, 0.15) is 46.3 Å². The number of hydrogen-bond donors (Lipinski definition) is 2. The Morgan fingerprint density at radius 2 is 2.02 bits per heavy atom. The molecular formula is C33H32ClF2N9O2S. The third-order valence-corrected chi connectivity index (χ3v) is 10.7. The summed E-state index contributed by atoms with van der Waals surface area (Å²) in [7, 11) is 1.78. The fourth-order valence-electron chi connectivity index (χ4n) is 6.76. The summed E-state index contributed by atoms with van der Waals surface area (Å²) in [4.78, 5) is 22.1. The summed E-state index contributed by atoms with van der Waals surface area (Å²) in [5.41, 5.74) is 12.9. The summed E-state index contributed by atoms with van der Waals surface area (Å²) in [5, 5.41) is 10.5. The minimum Gasteiger partial charge on any atom is -0.462 e. The van der Waals surface area contributed by atoms with Crippen LogP contribution in [0.5, 0.6) is 6.01 Å². The summed E-state index contributed by atoms with van der Waals surface area (Å²) in [5.74, 6) is -0.786. The lowest BCUT2D eigenvalue weighted by Gasteiger charge is -2.37. The van der Waals surface area contributed by atoms with E-state index in [0.29, 0.717) is 36.2 Å². The lowest BCUT2D eigenvalue weighted by molar-refractivity contribution is -0.0556. The molecule has 0 amide bonds. The number of fused-ring (bicyclic) bond motifs is 3. The van der Waals surface area contributed by atoms with Crippen LogP contribution in [0.15, 0.2) is 30.6 Å². The molecule has 2 fully saturated rings. The van der Waals surface area contributed by atoms with Gasteiger partial charge in [0.2, 0.25) is 0 Å². The number of ether oxygens (including phenoxy) is 2. The van der Waals surface area contributed by atoms with Gasteiger partial charge in [-0.2, -0.15) is 15.2 Å². The number of nitrogen functional groups attached to an aromatic ring is 2. The molecule has 5 aromatic rings. The van der Waals surface area contributed by atoms with E-state index in [1.807, 2.05) is 13.0 Å². The van der Waals surface area contributed by atoms with Crippen molar-refractivity contribution >= 4 is 60.6 Å². The second-order valence-electron chi connectivity index (χ2n) is 12.2. The highest BCUT2D eigenvalue weighted by Gasteiger charge is 2.38. The van der Waals surface area contributed by atoms with Gasteiger partial charge in [-0.3, -0.25) is 9.88 Å². The molecule has 0 saturated carbocycles. The summed E-state index contributed by atoms with van der Waals surface area (Å²) in [6.45, 7) is 5.69. The molecule has 4 N–H and O–H groups in total. The molecule has 4 atom stereocenters. The predicted octanol–water partition coefficient (Wildman–Crippen LogP) is 6.10. The second-order valence-corrected chi connectivity index (χ2v) is 13.6. The number of rotatable bonds is 7. The van der Waals surface area contributed by atoms with Crippen molar-refractivity contribution in [3.05, 3.63) is 58.5 Å². The first-order valence-corrected chi connectivity index (χ1v) is 16.7. The zero-order chi connectivity index (χ0) is 33.9. The van der Waals surface area contributed by atoms with E-state index in [9.17, 15) is 9.65 Å². The van der Waals surface area contributed by atoms with Crippen molar-refractivity contribution < 1.29 is 18.3 Å². The summed E-state index contributed by atoms with van der Waals surface area (Å²) < 4.78 is 44.1. The largest absolute Gasteiger partial charge is 0.462 e. The molecule has 2 saturated heterocycles. The number of anilines is 3. The Bertz CT molecular complexity index is 2110. The van der Waals surface area contributed by atoms with Crippen molar-refractivity contribution in [1.29, 1.82) is 5.26 Å². The molecule has 11 nitrogen and oxygen atoms in total. The first-order valence-electron chi connectivity index (χ1n) is 15.5. The Hall–Kier alpha value is -4.42. The molecule has 15 heteroatoms. The van der Waals surface area contributed by atoms with E-state index < -0.39 is 17.7 Å². The van der Waals surface area contributed by atoms with Gasteiger partial charge in [0.05, 0.1) is 34.0 Å². The zero-order valence-corrected chi connectivity index (χ0v) is 27.9. The topological polar surface area (TPSA) is 152 Å². The molecule has 7 rings (SSSR count). The van der Waals surface area contributed by atoms with Gasteiger partial charge < -0.3 is 25.8 Å². The van der Waals surface area contributed by atoms with Gasteiger partial charge in [-0.05, 0) is 44.4 Å². The Balaban J connectivity index is 1.37. The SMILES string of the molecule is C[C@H](c1nccnc1N)N(C)c1nc(OC[C@H]2CC[C@H]3CO[C@@H](C)CN23)nc2c(F)c(-c3ccc(F)c4sc(N)c(C#N)c34)c(Cl)cc12. The summed E-state index contributed by atoms with van der Waals surface area (Å²) in [6, 6.07) is 6.16.